The van der Waals surface area contributed by atoms with Crippen molar-refractivity contribution in [3.63, 3.8) is 0 Å². The lowest BCUT2D eigenvalue weighted by molar-refractivity contribution is 0.210. The molecule has 2 heteroatoms. The molecule has 0 spiro atoms. The van der Waals surface area contributed by atoms with E-state index in [2.05, 4.69) is 61.6 Å². The van der Waals surface area contributed by atoms with Gasteiger partial charge in [-0.25, -0.2) is 0 Å². The van der Waals surface area contributed by atoms with E-state index in [0.29, 0.717) is 0 Å². The first-order valence-electron chi connectivity index (χ1n) is 6.86. The smallest absolute Gasteiger partial charge is 0.143 e. The lowest BCUT2D eigenvalue weighted by Crippen LogP contribution is -2.23. The van der Waals surface area contributed by atoms with Gasteiger partial charge in [-0.05, 0) is 36.6 Å². The van der Waals surface area contributed by atoms with Crippen LogP contribution in [0, 0.1) is 6.92 Å². The summed E-state index contributed by atoms with van der Waals surface area (Å²) in [5.41, 5.74) is 4.96. The van der Waals surface area contributed by atoms with Crippen molar-refractivity contribution in [2.45, 2.75) is 26.4 Å². The summed E-state index contributed by atoms with van der Waals surface area (Å²) in [7, 11) is 0. The number of benzene rings is 2. The molecule has 1 heterocycles. The van der Waals surface area contributed by atoms with Crippen LogP contribution >= 0.6 is 0 Å². The summed E-state index contributed by atoms with van der Waals surface area (Å²) >= 11 is 0. The minimum Gasteiger partial charge on any atom is -0.482 e. The molecule has 19 heavy (non-hydrogen) atoms. The van der Waals surface area contributed by atoms with Crippen LogP contribution in [0.2, 0.25) is 0 Å². The first-order valence-corrected chi connectivity index (χ1v) is 6.86. The predicted octanol–water partition coefficient (Wildman–Crippen LogP) is 4.10. The van der Waals surface area contributed by atoms with Crippen molar-refractivity contribution in [2.75, 3.05) is 11.9 Å². The number of hydrogen-bond acceptors (Lipinski definition) is 2. The van der Waals surface area contributed by atoms with Gasteiger partial charge in [-0.15, -0.1) is 0 Å². The second kappa shape index (κ2) is 4.96. The third kappa shape index (κ3) is 2.43. The lowest BCUT2D eigenvalue weighted by atomic mass is 10.0. The topological polar surface area (TPSA) is 21.3 Å². The Morgan fingerprint density at radius 1 is 1.21 bits per heavy atom. The van der Waals surface area contributed by atoms with E-state index in [1.54, 1.807) is 0 Å². The van der Waals surface area contributed by atoms with Gasteiger partial charge in [0.2, 0.25) is 0 Å². The summed E-state index contributed by atoms with van der Waals surface area (Å²) in [5.74, 6) is 0.954. The number of ether oxygens (including phenoxy) is 1. The molecule has 0 fully saturated rings. The molecule has 1 unspecified atom stereocenters. The van der Waals surface area contributed by atoms with Crippen LogP contribution in [0.4, 0.5) is 5.69 Å². The van der Waals surface area contributed by atoms with E-state index in [1.165, 1.54) is 16.7 Å². The van der Waals surface area contributed by atoms with E-state index >= 15 is 0 Å². The van der Waals surface area contributed by atoms with Crippen LogP contribution < -0.4 is 10.1 Å². The van der Waals surface area contributed by atoms with Crippen LogP contribution in [0.25, 0.3) is 0 Å². The largest absolute Gasteiger partial charge is 0.482 e. The number of anilines is 1. The monoisotopic (exact) mass is 253 g/mol. The zero-order chi connectivity index (χ0) is 13.2. The molecule has 1 N–H and O–H groups in total. The summed E-state index contributed by atoms with van der Waals surface area (Å²) in [6.45, 7) is 5.10. The van der Waals surface area contributed by atoms with Crippen LogP contribution in [-0.2, 0) is 6.42 Å². The maximum Gasteiger partial charge on any atom is 0.143 e. The minimum atomic E-state index is 0.0971. The molecule has 0 saturated carbocycles. The van der Waals surface area contributed by atoms with Crippen LogP contribution in [0.1, 0.15) is 29.7 Å². The fraction of sp³-hybridized carbons (Fsp3) is 0.294. The molecule has 0 bridgehead atoms. The van der Waals surface area contributed by atoms with Crippen LogP contribution in [-0.4, -0.2) is 6.54 Å². The highest BCUT2D eigenvalue weighted by Gasteiger charge is 2.20. The van der Waals surface area contributed by atoms with Crippen molar-refractivity contribution in [3.8, 4) is 5.75 Å². The first-order chi connectivity index (χ1) is 9.26. The molecule has 0 amide bonds. The van der Waals surface area contributed by atoms with E-state index in [-0.39, 0.29) is 6.10 Å². The summed E-state index contributed by atoms with van der Waals surface area (Å²) in [6, 6.07) is 14.9. The molecule has 2 aromatic rings. The van der Waals surface area contributed by atoms with E-state index in [9.17, 15) is 0 Å². The third-order valence-corrected chi connectivity index (χ3v) is 3.61. The molecule has 98 valence electrons. The Labute approximate surface area is 114 Å². The quantitative estimate of drug-likeness (QED) is 0.870. The SMILES string of the molecule is CCc1ccc2c(c1)NCC(c1cccc(C)c1)O2. The summed E-state index contributed by atoms with van der Waals surface area (Å²) in [6.07, 6.45) is 1.15. The minimum absolute atomic E-state index is 0.0971. The van der Waals surface area contributed by atoms with Gasteiger partial charge in [0.15, 0.2) is 0 Å². The molecular weight excluding hydrogens is 234 g/mol. The number of hydrogen-bond donors (Lipinski definition) is 1. The Hall–Kier alpha value is -1.96. The Morgan fingerprint density at radius 3 is 2.89 bits per heavy atom. The van der Waals surface area contributed by atoms with Crippen LogP contribution in [0.5, 0.6) is 5.75 Å². The average molecular weight is 253 g/mol. The van der Waals surface area contributed by atoms with Gasteiger partial charge < -0.3 is 10.1 Å². The normalized spacial score (nSPS) is 17.3. The van der Waals surface area contributed by atoms with E-state index < -0.39 is 0 Å². The third-order valence-electron chi connectivity index (χ3n) is 3.61. The van der Waals surface area contributed by atoms with Gasteiger partial charge in [0, 0.05) is 0 Å². The fourth-order valence-corrected chi connectivity index (χ4v) is 2.49. The van der Waals surface area contributed by atoms with Gasteiger partial charge >= 0.3 is 0 Å². The highest BCUT2D eigenvalue weighted by atomic mass is 16.5. The van der Waals surface area contributed by atoms with E-state index in [1.807, 2.05) is 0 Å². The Morgan fingerprint density at radius 2 is 2.11 bits per heavy atom. The van der Waals surface area contributed by atoms with E-state index in [0.717, 1.165) is 24.4 Å². The van der Waals surface area contributed by atoms with Crippen molar-refractivity contribution in [1.82, 2.24) is 0 Å². The lowest BCUT2D eigenvalue weighted by Gasteiger charge is -2.28. The summed E-state index contributed by atoms with van der Waals surface area (Å²) < 4.78 is 6.11. The Bertz CT molecular complexity index is 592. The number of rotatable bonds is 2. The highest BCUT2D eigenvalue weighted by molar-refractivity contribution is 5.60. The summed E-state index contributed by atoms with van der Waals surface area (Å²) in [4.78, 5) is 0. The molecule has 0 aromatic heterocycles. The van der Waals surface area contributed by atoms with Gasteiger partial charge in [0.05, 0.1) is 12.2 Å². The summed E-state index contributed by atoms with van der Waals surface area (Å²) in [5, 5.41) is 3.48. The molecule has 0 radical (unpaired) electrons. The number of nitrogens with one attached hydrogen (secondary N) is 1. The average Bonchev–Trinajstić information content (AvgIpc) is 2.46. The van der Waals surface area contributed by atoms with Crippen molar-refractivity contribution in [1.29, 1.82) is 0 Å². The second-order valence-corrected chi connectivity index (χ2v) is 5.09. The molecule has 1 aliphatic heterocycles. The molecular formula is C17H19NO. The predicted molar refractivity (Wildman–Crippen MR) is 78.9 cm³/mol. The van der Waals surface area contributed by atoms with Gasteiger partial charge in [0.1, 0.15) is 11.9 Å². The fourth-order valence-electron chi connectivity index (χ4n) is 2.49. The van der Waals surface area contributed by atoms with Gasteiger partial charge in [-0.3, -0.25) is 0 Å². The standard InChI is InChI=1S/C17H19NO/c1-3-13-7-8-16-15(10-13)18-11-17(19-16)14-6-4-5-12(2)9-14/h4-10,17-18H,3,11H2,1-2H3. The molecule has 1 aliphatic rings. The molecule has 3 rings (SSSR count). The highest BCUT2D eigenvalue weighted by Crippen LogP contribution is 2.35. The van der Waals surface area contributed by atoms with Crippen molar-refractivity contribution < 1.29 is 4.74 Å². The Kier molecular flexibility index (Phi) is 3.16. The maximum absolute atomic E-state index is 6.11. The number of aryl methyl sites for hydroxylation is 2. The first kappa shape index (κ1) is 12.1. The van der Waals surface area contributed by atoms with Crippen LogP contribution in [0.3, 0.4) is 0 Å². The van der Waals surface area contributed by atoms with Gasteiger partial charge in [-0.2, -0.15) is 0 Å². The van der Waals surface area contributed by atoms with Crippen molar-refractivity contribution in [3.05, 3.63) is 59.2 Å². The van der Waals surface area contributed by atoms with Crippen molar-refractivity contribution in [2.24, 2.45) is 0 Å². The van der Waals surface area contributed by atoms with Gasteiger partial charge in [0.25, 0.3) is 0 Å². The zero-order valence-electron chi connectivity index (χ0n) is 11.4. The zero-order valence-corrected chi connectivity index (χ0v) is 11.4. The van der Waals surface area contributed by atoms with Gasteiger partial charge in [-0.1, -0.05) is 42.8 Å². The molecule has 2 aromatic carbocycles. The second-order valence-electron chi connectivity index (χ2n) is 5.09. The molecule has 0 saturated heterocycles. The van der Waals surface area contributed by atoms with Crippen molar-refractivity contribution >= 4 is 5.69 Å². The molecule has 0 aliphatic carbocycles. The maximum atomic E-state index is 6.11. The Balaban J connectivity index is 1.86. The van der Waals surface area contributed by atoms with E-state index in [4.69, 9.17) is 4.74 Å². The molecule has 2 nitrogen and oxygen atoms in total. The number of fused-ring (bicyclic) bond motifs is 1. The van der Waals surface area contributed by atoms with Crippen LogP contribution in [0.15, 0.2) is 42.5 Å². The molecule has 1 atom stereocenters.